The average molecular weight is 342 g/mol. The first-order valence-electron chi connectivity index (χ1n) is 7.92. The van der Waals surface area contributed by atoms with Crippen molar-refractivity contribution in [3.05, 3.63) is 71.1 Å². The third-order valence-corrected chi connectivity index (χ3v) is 4.60. The highest BCUT2D eigenvalue weighted by atomic mass is 35.5. The van der Waals surface area contributed by atoms with Gasteiger partial charge in [0.25, 0.3) is 0 Å². The molecule has 1 heterocycles. The molecule has 2 N–H and O–H groups in total. The van der Waals surface area contributed by atoms with Gasteiger partial charge in [-0.3, -0.25) is 0 Å². The van der Waals surface area contributed by atoms with Crippen molar-refractivity contribution in [1.29, 1.82) is 0 Å². The average Bonchev–Trinajstić information content (AvgIpc) is 3.25. The summed E-state index contributed by atoms with van der Waals surface area (Å²) in [6.45, 7) is 2.64. The van der Waals surface area contributed by atoms with Gasteiger partial charge in [0.2, 0.25) is 11.7 Å². The third-order valence-electron chi connectivity index (χ3n) is 4.60. The Bertz CT molecular complexity index is 838. The van der Waals surface area contributed by atoms with Crippen molar-refractivity contribution in [2.24, 2.45) is 5.73 Å². The van der Waals surface area contributed by atoms with Crippen molar-refractivity contribution in [2.75, 3.05) is 0 Å². The minimum atomic E-state index is -0.0888. The first kappa shape index (κ1) is 16.7. The van der Waals surface area contributed by atoms with Crippen LogP contribution in [0.3, 0.4) is 0 Å². The van der Waals surface area contributed by atoms with Gasteiger partial charge < -0.3 is 10.3 Å². The normalized spacial score (nSPS) is 14.9. The first-order valence-corrected chi connectivity index (χ1v) is 7.92. The largest absolute Gasteiger partial charge is 0.338 e. The lowest BCUT2D eigenvalue weighted by atomic mass is 9.94. The Kier molecular flexibility index (Phi) is 4.43. The van der Waals surface area contributed by atoms with Crippen LogP contribution in [0.1, 0.15) is 35.4 Å². The van der Waals surface area contributed by atoms with E-state index in [1.807, 2.05) is 24.3 Å². The SMILES string of the molecule is Cc1cccc(C2(c3nc(-c4ccc(CN)cc4)no3)CC2)c1.Cl. The van der Waals surface area contributed by atoms with Gasteiger partial charge in [-0.25, -0.2) is 0 Å². The summed E-state index contributed by atoms with van der Waals surface area (Å²) in [5.74, 6) is 1.36. The van der Waals surface area contributed by atoms with E-state index in [1.165, 1.54) is 11.1 Å². The van der Waals surface area contributed by atoms with Crippen molar-refractivity contribution in [2.45, 2.75) is 31.7 Å². The van der Waals surface area contributed by atoms with E-state index >= 15 is 0 Å². The number of nitrogens with zero attached hydrogens (tertiary/aromatic N) is 2. The van der Waals surface area contributed by atoms with Crippen molar-refractivity contribution in [3.8, 4) is 11.4 Å². The summed E-state index contributed by atoms with van der Waals surface area (Å²) in [5, 5.41) is 4.18. The molecular formula is C19H20ClN3O. The molecule has 0 saturated heterocycles. The second kappa shape index (κ2) is 6.38. The van der Waals surface area contributed by atoms with Crippen molar-refractivity contribution < 1.29 is 4.52 Å². The standard InChI is InChI=1S/C19H19N3O.ClH/c1-13-3-2-4-16(11-13)19(9-10-19)18-21-17(22-23-18)15-7-5-14(12-20)6-8-15;/h2-8,11H,9-10,12,20H2,1H3;1H. The first-order chi connectivity index (χ1) is 11.2. The molecular weight excluding hydrogens is 322 g/mol. The summed E-state index contributed by atoms with van der Waals surface area (Å²) in [4.78, 5) is 4.67. The zero-order valence-electron chi connectivity index (χ0n) is 13.5. The Labute approximate surface area is 147 Å². The number of rotatable bonds is 4. The summed E-state index contributed by atoms with van der Waals surface area (Å²) in [5.41, 5.74) is 10.1. The van der Waals surface area contributed by atoms with Gasteiger partial charge in [-0.15, -0.1) is 12.4 Å². The number of benzene rings is 2. The Morgan fingerprint density at radius 2 is 1.88 bits per heavy atom. The molecule has 1 fully saturated rings. The van der Waals surface area contributed by atoms with Crippen LogP contribution in [-0.2, 0) is 12.0 Å². The van der Waals surface area contributed by atoms with E-state index in [0.717, 1.165) is 29.9 Å². The van der Waals surface area contributed by atoms with E-state index in [9.17, 15) is 0 Å². The van der Waals surface area contributed by atoms with Gasteiger partial charge in [0.15, 0.2) is 0 Å². The molecule has 4 nitrogen and oxygen atoms in total. The van der Waals surface area contributed by atoms with Crippen LogP contribution in [-0.4, -0.2) is 10.1 Å². The Hall–Kier alpha value is -2.17. The van der Waals surface area contributed by atoms with Gasteiger partial charge >= 0.3 is 0 Å². The highest BCUT2D eigenvalue weighted by Gasteiger charge is 2.51. The number of hydrogen-bond donors (Lipinski definition) is 1. The van der Waals surface area contributed by atoms with E-state index in [2.05, 4.69) is 41.3 Å². The fraction of sp³-hybridized carbons (Fsp3) is 0.263. The van der Waals surface area contributed by atoms with Crippen LogP contribution >= 0.6 is 12.4 Å². The van der Waals surface area contributed by atoms with E-state index in [1.54, 1.807) is 0 Å². The predicted molar refractivity (Wildman–Crippen MR) is 96.1 cm³/mol. The van der Waals surface area contributed by atoms with Crippen molar-refractivity contribution >= 4 is 12.4 Å². The highest BCUT2D eigenvalue weighted by Crippen LogP contribution is 2.53. The van der Waals surface area contributed by atoms with E-state index in [0.29, 0.717) is 12.4 Å². The molecule has 4 rings (SSSR count). The lowest BCUT2D eigenvalue weighted by Gasteiger charge is -2.11. The number of hydrogen-bond acceptors (Lipinski definition) is 4. The number of aromatic nitrogens is 2. The summed E-state index contributed by atoms with van der Waals surface area (Å²) in [7, 11) is 0. The summed E-state index contributed by atoms with van der Waals surface area (Å²) < 4.78 is 5.61. The lowest BCUT2D eigenvalue weighted by molar-refractivity contribution is 0.360. The maximum Gasteiger partial charge on any atom is 0.237 e. The van der Waals surface area contributed by atoms with Crippen molar-refractivity contribution in [1.82, 2.24) is 10.1 Å². The fourth-order valence-electron chi connectivity index (χ4n) is 3.02. The molecule has 0 unspecified atom stereocenters. The quantitative estimate of drug-likeness (QED) is 0.778. The third kappa shape index (κ3) is 2.83. The number of aryl methyl sites for hydroxylation is 1. The van der Waals surface area contributed by atoms with Gasteiger partial charge in [-0.1, -0.05) is 59.3 Å². The molecule has 24 heavy (non-hydrogen) atoms. The van der Waals surface area contributed by atoms with Crippen molar-refractivity contribution in [3.63, 3.8) is 0 Å². The van der Waals surface area contributed by atoms with Crippen LogP contribution in [0.15, 0.2) is 53.1 Å². The van der Waals surface area contributed by atoms with Crippen LogP contribution in [0.25, 0.3) is 11.4 Å². The molecule has 1 saturated carbocycles. The van der Waals surface area contributed by atoms with Gasteiger partial charge in [-0.05, 0) is 30.9 Å². The monoisotopic (exact) mass is 341 g/mol. The molecule has 1 aromatic heterocycles. The van der Waals surface area contributed by atoms with Gasteiger partial charge in [0.05, 0.1) is 5.41 Å². The maximum absolute atomic E-state index is 5.63. The zero-order valence-corrected chi connectivity index (χ0v) is 14.3. The summed E-state index contributed by atoms with van der Waals surface area (Å²) in [6.07, 6.45) is 2.12. The molecule has 0 bridgehead atoms. The zero-order chi connectivity index (χ0) is 15.9. The Morgan fingerprint density at radius 3 is 2.50 bits per heavy atom. The molecule has 0 spiro atoms. The van der Waals surface area contributed by atoms with Crippen LogP contribution in [0.5, 0.6) is 0 Å². The molecule has 124 valence electrons. The summed E-state index contributed by atoms with van der Waals surface area (Å²) >= 11 is 0. The molecule has 0 amide bonds. The van der Waals surface area contributed by atoms with Crippen LogP contribution in [0.4, 0.5) is 0 Å². The lowest BCUT2D eigenvalue weighted by Crippen LogP contribution is -2.09. The molecule has 0 aliphatic heterocycles. The summed E-state index contributed by atoms with van der Waals surface area (Å²) in [6, 6.07) is 16.5. The Balaban J connectivity index is 0.00000169. The molecule has 0 radical (unpaired) electrons. The minimum Gasteiger partial charge on any atom is -0.338 e. The van der Waals surface area contributed by atoms with E-state index in [-0.39, 0.29) is 17.8 Å². The van der Waals surface area contributed by atoms with E-state index in [4.69, 9.17) is 10.3 Å². The highest BCUT2D eigenvalue weighted by molar-refractivity contribution is 5.85. The van der Waals surface area contributed by atoms with Gasteiger partial charge in [-0.2, -0.15) is 4.98 Å². The van der Waals surface area contributed by atoms with Crippen LogP contribution in [0.2, 0.25) is 0 Å². The predicted octanol–water partition coefficient (Wildman–Crippen LogP) is 4.01. The molecule has 3 aromatic rings. The molecule has 0 atom stereocenters. The molecule has 2 aromatic carbocycles. The van der Waals surface area contributed by atoms with Gasteiger partial charge in [0, 0.05) is 12.1 Å². The minimum absolute atomic E-state index is 0. The van der Waals surface area contributed by atoms with E-state index < -0.39 is 0 Å². The second-order valence-corrected chi connectivity index (χ2v) is 6.28. The second-order valence-electron chi connectivity index (χ2n) is 6.28. The molecule has 1 aliphatic rings. The Morgan fingerprint density at radius 1 is 1.12 bits per heavy atom. The van der Waals surface area contributed by atoms with Gasteiger partial charge in [0.1, 0.15) is 0 Å². The molecule has 1 aliphatic carbocycles. The number of nitrogens with two attached hydrogens (primary N) is 1. The number of halogens is 1. The van der Waals surface area contributed by atoms with Crippen LogP contribution in [0, 0.1) is 6.92 Å². The topological polar surface area (TPSA) is 64.9 Å². The smallest absolute Gasteiger partial charge is 0.237 e. The fourth-order valence-corrected chi connectivity index (χ4v) is 3.02. The maximum atomic E-state index is 5.63. The molecule has 5 heteroatoms. The van der Waals surface area contributed by atoms with Crippen LogP contribution < -0.4 is 5.73 Å².